The molecule has 1 heterocycles. The molecule has 152 valence electrons. The third-order valence-corrected chi connectivity index (χ3v) is 5.17. The lowest BCUT2D eigenvalue weighted by Gasteiger charge is -2.11. The highest BCUT2D eigenvalue weighted by Gasteiger charge is 2.17. The van der Waals surface area contributed by atoms with Gasteiger partial charge in [-0.25, -0.2) is 0 Å². The first kappa shape index (κ1) is 20.2. The molecule has 0 saturated carbocycles. The summed E-state index contributed by atoms with van der Waals surface area (Å²) in [7, 11) is 1.45. The van der Waals surface area contributed by atoms with E-state index < -0.39 is 5.91 Å². The number of anilines is 1. The highest BCUT2D eigenvalue weighted by Crippen LogP contribution is 2.32. The molecule has 0 aliphatic rings. The number of ether oxygens (including phenoxy) is 1. The molecule has 0 aliphatic heterocycles. The maximum atomic E-state index is 12.8. The average Bonchev–Trinajstić information content (AvgIpc) is 3.16. The Balaban J connectivity index is 1.62. The van der Waals surface area contributed by atoms with Crippen LogP contribution in [0.4, 0.5) is 5.69 Å². The summed E-state index contributed by atoms with van der Waals surface area (Å²) in [6, 6.07) is 16.4. The summed E-state index contributed by atoms with van der Waals surface area (Å²) in [6.07, 6.45) is 0.973. The number of nitrogens with one attached hydrogen (secondary N) is 1. The van der Waals surface area contributed by atoms with Gasteiger partial charge in [0.15, 0.2) is 0 Å². The van der Waals surface area contributed by atoms with E-state index in [1.165, 1.54) is 24.8 Å². The molecule has 0 atom stereocenters. The standard InChI is InChI=1S/C22H18Cl2N4O2/c1-3-13-4-7-16(8-5-13)28-26-19-9-6-15(12-20(19)27-28)25-22(29)17-10-14(23)11-18(24)21(17)30-2/h4-12H,3H2,1-2H3,(H,25,29). The fourth-order valence-electron chi connectivity index (χ4n) is 3.11. The van der Waals surface area contributed by atoms with Gasteiger partial charge in [-0.05, 0) is 54.4 Å². The molecule has 4 aromatic rings. The van der Waals surface area contributed by atoms with Gasteiger partial charge in [0.05, 0.1) is 23.4 Å². The number of aromatic nitrogens is 3. The number of carbonyl (C=O) groups excluding carboxylic acids is 1. The van der Waals surface area contributed by atoms with Crippen LogP contribution in [0.3, 0.4) is 0 Å². The Morgan fingerprint density at radius 3 is 2.47 bits per heavy atom. The van der Waals surface area contributed by atoms with Crippen LogP contribution in [0.15, 0.2) is 54.6 Å². The molecule has 30 heavy (non-hydrogen) atoms. The van der Waals surface area contributed by atoms with Gasteiger partial charge < -0.3 is 10.1 Å². The maximum Gasteiger partial charge on any atom is 0.259 e. The zero-order valence-electron chi connectivity index (χ0n) is 16.3. The molecule has 1 amide bonds. The van der Waals surface area contributed by atoms with E-state index in [4.69, 9.17) is 27.9 Å². The number of rotatable bonds is 5. The van der Waals surface area contributed by atoms with Gasteiger partial charge in [-0.1, -0.05) is 42.3 Å². The molecule has 0 aliphatic carbocycles. The second kappa shape index (κ2) is 8.34. The molecule has 1 N–H and O–H groups in total. The lowest BCUT2D eigenvalue weighted by Crippen LogP contribution is -2.13. The minimum Gasteiger partial charge on any atom is -0.494 e. The van der Waals surface area contributed by atoms with E-state index in [2.05, 4.69) is 34.6 Å². The molecule has 0 radical (unpaired) electrons. The molecule has 1 aromatic heterocycles. The molecule has 0 fully saturated rings. The van der Waals surface area contributed by atoms with Crippen molar-refractivity contribution in [2.45, 2.75) is 13.3 Å². The van der Waals surface area contributed by atoms with Crippen molar-refractivity contribution in [2.24, 2.45) is 0 Å². The molecule has 4 rings (SSSR count). The topological polar surface area (TPSA) is 69.0 Å². The minimum atomic E-state index is -0.391. The van der Waals surface area contributed by atoms with Crippen LogP contribution in [-0.4, -0.2) is 28.0 Å². The Labute approximate surface area is 183 Å². The first-order valence-corrected chi connectivity index (χ1v) is 10.0. The zero-order valence-corrected chi connectivity index (χ0v) is 17.8. The number of carbonyl (C=O) groups is 1. The number of methoxy groups -OCH3 is 1. The van der Waals surface area contributed by atoms with Gasteiger partial charge in [0.1, 0.15) is 16.8 Å². The van der Waals surface area contributed by atoms with Gasteiger partial charge in [-0.2, -0.15) is 4.80 Å². The van der Waals surface area contributed by atoms with Gasteiger partial charge in [-0.15, -0.1) is 10.2 Å². The zero-order chi connectivity index (χ0) is 21.3. The van der Waals surface area contributed by atoms with E-state index in [1.807, 2.05) is 12.1 Å². The largest absolute Gasteiger partial charge is 0.494 e. The Morgan fingerprint density at radius 2 is 1.77 bits per heavy atom. The summed E-state index contributed by atoms with van der Waals surface area (Å²) in [5.41, 5.74) is 4.30. The van der Waals surface area contributed by atoms with Crippen molar-refractivity contribution < 1.29 is 9.53 Å². The SMILES string of the molecule is CCc1ccc(-n2nc3ccc(NC(=O)c4cc(Cl)cc(Cl)c4OC)cc3n2)cc1. The maximum absolute atomic E-state index is 12.8. The molecule has 0 bridgehead atoms. The van der Waals surface area contributed by atoms with Crippen LogP contribution >= 0.6 is 23.2 Å². The van der Waals surface area contributed by atoms with Gasteiger partial charge in [0.25, 0.3) is 5.91 Å². The molecule has 8 heteroatoms. The highest BCUT2D eigenvalue weighted by molar-refractivity contribution is 6.36. The van der Waals surface area contributed by atoms with Crippen LogP contribution in [-0.2, 0) is 6.42 Å². The lowest BCUT2D eigenvalue weighted by molar-refractivity contribution is 0.102. The second-order valence-electron chi connectivity index (χ2n) is 6.64. The molecule has 0 saturated heterocycles. The summed E-state index contributed by atoms with van der Waals surface area (Å²) in [6.45, 7) is 2.11. The smallest absolute Gasteiger partial charge is 0.259 e. The van der Waals surface area contributed by atoms with Crippen molar-refractivity contribution in [1.29, 1.82) is 0 Å². The Bertz CT molecular complexity index is 1240. The van der Waals surface area contributed by atoms with E-state index in [1.54, 1.807) is 23.0 Å². The number of benzene rings is 3. The Morgan fingerprint density at radius 1 is 1.03 bits per heavy atom. The Kier molecular flexibility index (Phi) is 5.61. The van der Waals surface area contributed by atoms with E-state index in [0.717, 1.165) is 17.6 Å². The molecular weight excluding hydrogens is 423 g/mol. The quantitative estimate of drug-likeness (QED) is 0.441. The molecule has 0 spiro atoms. The van der Waals surface area contributed by atoms with Gasteiger partial charge in [0, 0.05) is 10.7 Å². The van der Waals surface area contributed by atoms with Crippen molar-refractivity contribution in [3.63, 3.8) is 0 Å². The normalized spacial score (nSPS) is 10.9. The van der Waals surface area contributed by atoms with Crippen LogP contribution < -0.4 is 10.1 Å². The summed E-state index contributed by atoms with van der Waals surface area (Å²) in [4.78, 5) is 14.4. The molecule has 6 nitrogen and oxygen atoms in total. The predicted molar refractivity (Wildman–Crippen MR) is 119 cm³/mol. The van der Waals surface area contributed by atoms with Crippen molar-refractivity contribution in [3.8, 4) is 11.4 Å². The van der Waals surface area contributed by atoms with Crippen LogP contribution in [0.25, 0.3) is 16.7 Å². The number of halogens is 2. The van der Waals surface area contributed by atoms with Crippen molar-refractivity contribution in [2.75, 3.05) is 12.4 Å². The highest BCUT2D eigenvalue weighted by atomic mass is 35.5. The number of aryl methyl sites for hydroxylation is 1. The lowest BCUT2D eigenvalue weighted by atomic mass is 10.1. The van der Waals surface area contributed by atoms with Crippen LogP contribution in [0, 0.1) is 0 Å². The minimum absolute atomic E-state index is 0.245. The average molecular weight is 441 g/mol. The number of amides is 1. The predicted octanol–water partition coefficient (Wildman–Crippen LogP) is 5.55. The number of fused-ring (bicyclic) bond motifs is 1. The van der Waals surface area contributed by atoms with Gasteiger partial charge in [0.2, 0.25) is 0 Å². The van der Waals surface area contributed by atoms with Gasteiger partial charge in [-0.3, -0.25) is 4.79 Å². The third kappa shape index (κ3) is 3.97. The summed E-state index contributed by atoms with van der Waals surface area (Å²) >= 11 is 12.2. The van der Waals surface area contributed by atoms with Crippen LogP contribution in [0.1, 0.15) is 22.8 Å². The van der Waals surface area contributed by atoms with Crippen LogP contribution in [0.5, 0.6) is 5.75 Å². The third-order valence-electron chi connectivity index (χ3n) is 4.67. The van der Waals surface area contributed by atoms with Gasteiger partial charge >= 0.3 is 0 Å². The number of hydrogen-bond acceptors (Lipinski definition) is 4. The van der Waals surface area contributed by atoms with Crippen molar-refractivity contribution >= 4 is 45.8 Å². The Hall–Kier alpha value is -3.09. The number of hydrogen-bond donors (Lipinski definition) is 1. The number of nitrogens with zero attached hydrogens (tertiary/aromatic N) is 3. The van der Waals surface area contributed by atoms with E-state index in [0.29, 0.717) is 16.2 Å². The first-order chi connectivity index (χ1) is 14.5. The first-order valence-electron chi connectivity index (χ1n) is 9.29. The van der Waals surface area contributed by atoms with E-state index in [9.17, 15) is 4.79 Å². The molecule has 0 unspecified atom stereocenters. The summed E-state index contributed by atoms with van der Waals surface area (Å²) < 4.78 is 5.25. The molecular formula is C22H18Cl2N4O2. The van der Waals surface area contributed by atoms with Crippen LogP contribution in [0.2, 0.25) is 10.0 Å². The molecule has 3 aromatic carbocycles. The monoisotopic (exact) mass is 440 g/mol. The van der Waals surface area contributed by atoms with Crippen molar-refractivity contribution in [3.05, 3.63) is 75.8 Å². The second-order valence-corrected chi connectivity index (χ2v) is 7.48. The summed E-state index contributed by atoms with van der Waals surface area (Å²) in [5.74, 6) is -0.126. The fraction of sp³-hybridized carbons (Fsp3) is 0.136. The van der Waals surface area contributed by atoms with Crippen molar-refractivity contribution in [1.82, 2.24) is 15.0 Å². The fourth-order valence-corrected chi connectivity index (χ4v) is 3.68. The van der Waals surface area contributed by atoms with E-state index >= 15 is 0 Å². The van der Waals surface area contributed by atoms with E-state index in [-0.39, 0.29) is 16.3 Å². The summed E-state index contributed by atoms with van der Waals surface area (Å²) in [5, 5.41) is 12.5.